The molecule has 2 amide bonds. The van der Waals surface area contributed by atoms with E-state index in [4.69, 9.17) is 4.74 Å². The number of nitriles is 1. The molecule has 1 atom stereocenters. The van der Waals surface area contributed by atoms with E-state index in [0.717, 1.165) is 38.8 Å². The van der Waals surface area contributed by atoms with Crippen molar-refractivity contribution in [1.82, 2.24) is 20.4 Å². The molecule has 1 unspecified atom stereocenters. The summed E-state index contributed by atoms with van der Waals surface area (Å²) in [5, 5.41) is 24.6. The van der Waals surface area contributed by atoms with Gasteiger partial charge in [-0.3, -0.25) is 10.1 Å². The van der Waals surface area contributed by atoms with Gasteiger partial charge >= 0.3 is 6.09 Å². The smallest absolute Gasteiger partial charge is 0.411 e. The molecule has 2 heterocycles. The van der Waals surface area contributed by atoms with Gasteiger partial charge in [0.25, 0.3) is 0 Å². The lowest BCUT2D eigenvalue weighted by molar-refractivity contribution is -0.124. The van der Waals surface area contributed by atoms with E-state index in [1.807, 2.05) is 11.9 Å². The number of amides is 2. The summed E-state index contributed by atoms with van der Waals surface area (Å²) < 4.78 is 5.37. The zero-order valence-corrected chi connectivity index (χ0v) is 19.0. The third-order valence-corrected chi connectivity index (χ3v) is 6.81. The normalized spacial score (nSPS) is 23.8. The summed E-state index contributed by atoms with van der Waals surface area (Å²) in [6.07, 6.45) is 6.06. The van der Waals surface area contributed by atoms with Gasteiger partial charge in [0, 0.05) is 26.2 Å². The highest BCUT2D eigenvalue weighted by Crippen LogP contribution is 2.29. The van der Waals surface area contributed by atoms with Crippen molar-refractivity contribution in [2.45, 2.75) is 62.9 Å². The Morgan fingerprint density at radius 3 is 2.44 bits per heavy atom. The molecule has 3 rings (SSSR count). The van der Waals surface area contributed by atoms with Gasteiger partial charge in [-0.15, -0.1) is 0 Å². The number of nitrogens with zero attached hydrogens (tertiary/aromatic N) is 4. The van der Waals surface area contributed by atoms with Gasteiger partial charge < -0.3 is 25.0 Å². The Kier molecular flexibility index (Phi) is 8.70. The number of piperidine rings is 1. The van der Waals surface area contributed by atoms with E-state index in [1.165, 1.54) is 6.42 Å². The molecule has 0 aromatic carbocycles. The van der Waals surface area contributed by atoms with Gasteiger partial charge in [0.05, 0.1) is 19.3 Å². The van der Waals surface area contributed by atoms with Gasteiger partial charge in [0.2, 0.25) is 11.9 Å². The second-order valence-corrected chi connectivity index (χ2v) is 9.22. The monoisotopic (exact) mass is 448 g/mol. The predicted molar refractivity (Wildman–Crippen MR) is 119 cm³/mol. The molecule has 0 aromatic heterocycles. The van der Waals surface area contributed by atoms with Crippen molar-refractivity contribution in [3.63, 3.8) is 0 Å². The van der Waals surface area contributed by atoms with Crippen molar-refractivity contribution < 1.29 is 19.4 Å². The third-order valence-electron chi connectivity index (χ3n) is 6.81. The van der Waals surface area contributed by atoms with E-state index in [-0.39, 0.29) is 11.9 Å². The molecule has 3 fully saturated rings. The maximum absolute atomic E-state index is 13.4. The van der Waals surface area contributed by atoms with Crippen LogP contribution in [0.1, 0.15) is 51.4 Å². The molecule has 2 saturated heterocycles. The van der Waals surface area contributed by atoms with Crippen molar-refractivity contribution in [3.8, 4) is 6.07 Å². The maximum Gasteiger partial charge on any atom is 0.411 e. The van der Waals surface area contributed by atoms with E-state index in [1.54, 1.807) is 0 Å². The summed E-state index contributed by atoms with van der Waals surface area (Å²) in [7, 11) is 2.01. The Hall–Kier alpha value is -2.38. The minimum atomic E-state index is -1.21. The highest BCUT2D eigenvalue weighted by atomic mass is 16.5. The van der Waals surface area contributed by atoms with Crippen LogP contribution in [0.2, 0.25) is 0 Å². The first kappa shape index (κ1) is 24.3. The number of hydrogen-bond donors (Lipinski definition) is 3. The number of carbonyl (C=O) groups is 2. The average Bonchev–Trinajstić information content (AvgIpc) is 2.80. The van der Waals surface area contributed by atoms with Crippen LogP contribution in [0.3, 0.4) is 0 Å². The van der Waals surface area contributed by atoms with Crippen LogP contribution in [0.4, 0.5) is 4.79 Å². The van der Waals surface area contributed by atoms with Gasteiger partial charge in [0.1, 0.15) is 11.6 Å². The van der Waals surface area contributed by atoms with Crippen molar-refractivity contribution >= 4 is 18.0 Å². The molecule has 2 aliphatic heterocycles. The van der Waals surface area contributed by atoms with Crippen LogP contribution in [0.5, 0.6) is 0 Å². The quantitative estimate of drug-likeness (QED) is 0.428. The standard InChI is InChI=1S/C22H36N6O4/c1-27-9-7-22(16-23,8-10-27)26-19(29)18(15-17-5-3-2-4-6-17)24-20(25-21(30)31)28-11-13-32-14-12-28/h17-18H,2-15H2,1H3,(H,24,25)(H,26,29)(H,30,31). The van der Waals surface area contributed by atoms with Crippen LogP contribution < -0.4 is 10.6 Å². The van der Waals surface area contributed by atoms with Crippen LogP contribution >= 0.6 is 0 Å². The first-order valence-corrected chi connectivity index (χ1v) is 11.7. The molecule has 32 heavy (non-hydrogen) atoms. The summed E-state index contributed by atoms with van der Waals surface area (Å²) in [5.74, 6) is 0.264. The number of likely N-dealkylation sites (tertiary alicyclic amines) is 1. The molecule has 0 aromatic rings. The molecule has 10 heteroatoms. The molecule has 0 radical (unpaired) electrons. The van der Waals surface area contributed by atoms with Gasteiger partial charge in [-0.25, -0.2) is 9.79 Å². The Balaban J connectivity index is 1.82. The lowest BCUT2D eigenvalue weighted by Gasteiger charge is -2.37. The fraction of sp³-hybridized carbons (Fsp3) is 0.818. The van der Waals surface area contributed by atoms with E-state index >= 15 is 0 Å². The zero-order valence-electron chi connectivity index (χ0n) is 19.0. The summed E-state index contributed by atoms with van der Waals surface area (Å²) in [6.45, 7) is 3.44. The molecule has 0 bridgehead atoms. The molecule has 178 valence electrons. The maximum atomic E-state index is 13.4. The topological polar surface area (TPSA) is 130 Å². The van der Waals surface area contributed by atoms with Gasteiger partial charge in [-0.1, -0.05) is 32.1 Å². The van der Waals surface area contributed by atoms with Gasteiger partial charge in [0.15, 0.2) is 0 Å². The van der Waals surface area contributed by atoms with E-state index in [0.29, 0.717) is 51.5 Å². The number of carboxylic acid groups (broad SMARTS) is 1. The summed E-state index contributed by atoms with van der Waals surface area (Å²) in [4.78, 5) is 33.5. The number of carbonyl (C=O) groups excluding carboxylic acids is 1. The lowest BCUT2D eigenvalue weighted by Crippen LogP contribution is -2.56. The Bertz CT molecular complexity index is 716. The molecule has 3 N–H and O–H groups in total. The Labute approximate surface area is 190 Å². The fourth-order valence-corrected chi connectivity index (χ4v) is 4.75. The number of hydrogen-bond acceptors (Lipinski definition) is 6. The lowest BCUT2D eigenvalue weighted by atomic mass is 9.84. The number of rotatable bonds is 5. The van der Waals surface area contributed by atoms with Crippen LogP contribution in [-0.4, -0.2) is 90.9 Å². The Morgan fingerprint density at radius 2 is 1.84 bits per heavy atom. The fourth-order valence-electron chi connectivity index (χ4n) is 4.75. The number of nitrogens with one attached hydrogen (secondary N) is 2. The minimum absolute atomic E-state index is 0.186. The third kappa shape index (κ3) is 6.81. The molecule has 0 spiro atoms. The SMILES string of the molecule is CN1CCC(C#N)(NC(=O)C(CC2CCCCC2)N=C(NC(=O)O)N2CCOCC2)CC1. The minimum Gasteiger partial charge on any atom is -0.465 e. The summed E-state index contributed by atoms with van der Waals surface area (Å²) >= 11 is 0. The van der Waals surface area contributed by atoms with E-state index < -0.39 is 17.7 Å². The Morgan fingerprint density at radius 1 is 1.19 bits per heavy atom. The number of guanidine groups is 1. The number of aliphatic imine (C=N–C) groups is 1. The predicted octanol–water partition coefficient (Wildman–Crippen LogP) is 1.39. The van der Waals surface area contributed by atoms with Crippen molar-refractivity contribution in [2.24, 2.45) is 10.9 Å². The van der Waals surface area contributed by atoms with Gasteiger partial charge in [-0.2, -0.15) is 5.26 Å². The number of ether oxygens (including phenoxy) is 1. The van der Waals surface area contributed by atoms with Crippen LogP contribution in [0.15, 0.2) is 4.99 Å². The number of morpholine rings is 1. The zero-order chi connectivity index (χ0) is 23.0. The van der Waals surface area contributed by atoms with Crippen LogP contribution in [0.25, 0.3) is 0 Å². The molecule has 1 aliphatic carbocycles. The second-order valence-electron chi connectivity index (χ2n) is 9.22. The highest BCUT2D eigenvalue weighted by Gasteiger charge is 2.38. The first-order chi connectivity index (χ1) is 15.4. The molecule has 1 saturated carbocycles. The van der Waals surface area contributed by atoms with Gasteiger partial charge in [-0.05, 0) is 32.2 Å². The second kappa shape index (κ2) is 11.5. The van der Waals surface area contributed by atoms with Crippen LogP contribution in [0, 0.1) is 17.2 Å². The average molecular weight is 449 g/mol. The molecule has 3 aliphatic rings. The molecular formula is C22H36N6O4. The summed E-state index contributed by atoms with van der Waals surface area (Å²) in [5.41, 5.74) is -0.900. The van der Waals surface area contributed by atoms with E-state index in [9.17, 15) is 20.0 Å². The van der Waals surface area contributed by atoms with Crippen molar-refractivity contribution in [3.05, 3.63) is 0 Å². The van der Waals surface area contributed by atoms with Crippen molar-refractivity contribution in [1.29, 1.82) is 5.26 Å². The highest BCUT2D eigenvalue weighted by molar-refractivity contribution is 5.95. The summed E-state index contributed by atoms with van der Waals surface area (Å²) in [6, 6.07) is 1.59. The molecule has 10 nitrogen and oxygen atoms in total. The van der Waals surface area contributed by atoms with Crippen LogP contribution in [-0.2, 0) is 9.53 Å². The van der Waals surface area contributed by atoms with E-state index in [2.05, 4.69) is 26.6 Å². The molecular weight excluding hydrogens is 412 g/mol. The largest absolute Gasteiger partial charge is 0.465 e. The first-order valence-electron chi connectivity index (χ1n) is 11.7. The van der Waals surface area contributed by atoms with Crippen molar-refractivity contribution in [2.75, 3.05) is 46.4 Å².